The number of nitrogens with one attached hydrogen (secondary N) is 1. The number of hydrogen-bond acceptors (Lipinski definition) is 2. The maximum Gasteiger partial charge on any atom is 0.251 e. The number of imidazole rings is 1. The molecule has 0 spiro atoms. The van der Waals surface area contributed by atoms with E-state index in [4.69, 9.17) is 16.6 Å². The molecule has 1 aromatic heterocycles. The minimum atomic E-state index is -0.140. The molecule has 4 aromatic rings. The Morgan fingerprint density at radius 1 is 0.929 bits per heavy atom. The van der Waals surface area contributed by atoms with Gasteiger partial charge in [-0.25, -0.2) is 4.98 Å². The van der Waals surface area contributed by atoms with Gasteiger partial charge in [0.1, 0.15) is 5.82 Å². The Morgan fingerprint density at radius 2 is 1.64 bits per heavy atom. The molecule has 0 unspecified atom stereocenters. The second-order valence-corrected chi connectivity index (χ2v) is 7.03. The van der Waals surface area contributed by atoms with Crippen LogP contribution in [-0.4, -0.2) is 15.5 Å². The quantitative estimate of drug-likeness (QED) is 0.511. The lowest BCUT2D eigenvalue weighted by molar-refractivity contribution is 0.0949. The third-order valence-electron chi connectivity index (χ3n) is 4.71. The van der Waals surface area contributed by atoms with Gasteiger partial charge < -0.3 is 9.88 Å². The van der Waals surface area contributed by atoms with Crippen LogP contribution in [0.4, 0.5) is 0 Å². The number of aryl methyl sites for hydroxylation is 2. The van der Waals surface area contributed by atoms with E-state index in [2.05, 4.69) is 40.2 Å². The van der Waals surface area contributed by atoms with Crippen LogP contribution in [0.1, 0.15) is 21.7 Å². The predicted octanol–water partition coefficient (Wildman–Crippen LogP) is 4.86. The third kappa shape index (κ3) is 4.07. The summed E-state index contributed by atoms with van der Waals surface area (Å²) in [6.45, 7) is 1.17. The van der Waals surface area contributed by atoms with Crippen molar-refractivity contribution >= 4 is 28.5 Å². The van der Waals surface area contributed by atoms with Crippen LogP contribution in [0.25, 0.3) is 11.0 Å². The van der Waals surface area contributed by atoms with Crippen molar-refractivity contribution in [3.05, 3.63) is 101 Å². The lowest BCUT2D eigenvalue weighted by Gasteiger charge is -2.10. The Bertz CT molecular complexity index is 1090. The van der Waals surface area contributed by atoms with Crippen molar-refractivity contribution in [3.8, 4) is 0 Å². The van der Waals surface area contributed by atoms with Gasteiger partial charge in [0, 0.05) is 17.1 Å². The van der Waals surface area contributed by atoms with Crippen molar-refractivity contribution in [1.29, 1.82) is 0 Å². The van der Waals surface area contributed by atoms with Crippen LogP contribution in [0.2, 0.25) is 5.02 Å². The molecule has 1 amide bonds. The molecule has 1 heterocycles. The maximum atomic E-state index is 12.4. The van der Waals surface area contributed by atoms with Crippen LogP contribution in [0.3, 0.4) is 0 Å². The first kappa shape index (κ1) is 18.3. The molecule has 28 heavy (non-hydrogen) atoms. The van der Waals surface area contributed by atoms with E-state index in [9.17, 15) is 4.79 Å². The maximum absolute atomic E-state index is 12.4. The number of para-hydroxylation sites is 2. The standard InChI is InChI=1S/C23H20ClN3O/c24-19-12-10-18(11-13-19)23(28)25-16-22-26-20-8-4-5-9-21(20)27(22)15-14-17-6-2-1-3-7-17/h1-13H,14-16H2,(H,25,28). The number of benzene rings is 3. The van der Waals surface area contributed by atoms with Crippen molar-refractivity contribution in [2.75, 3.05) is 0 Å². The molecule has 0 aliphatic heterocycles. The van der Waals surface area contributed by atoms with Gasteiger partial charge in [0.2, 0.25) is 0 Å². The summed E-state index contributed by atoms with van der Waals surface area (Å²) in [4.78, 5) is 17.2. The van der Waals surface area contributed by atoms with Crippen LogP contribution in [0, 0.1) is 0 Å². The van der Waals surface area contributed by atoms with Gasteiger partial charge in [0.15, 0.2) is 0 Å². The molecule has 4 nitrogen and oxygen atoms in total. The van der Waals surface area contributed by atoms with Gasteiger partial charge in [0.25, 0.3) is 5.91 Å². The number of rotatable bonds is 6. The summed E-state index contributed by atoms with van der Waals surface area (Å²) in [5.74, 6) is 0.706. The normalized spacial score (nSPS) is 10.9. The first-order valence-corrected chi connectivity index (χ1v) is 9.60. The highest BCUT2D eigenvalue weighted by Gasteiger charge is 2.12. The summed E-state index contributed by atoms with van der Waals surface area (Å²) in [6, 6.07) is 25.3. The first-order valence-electron chi connectivity index (χ1n) is 9.22. The topological polar surface area (TPSA) is 46.9 Å². The number of amides is 1. The highest BCUT2D eigenvalue weighted by molar-refractivity contribution is 6.30. The van der Waals surface area contributed by atoms with Crippen molar-refractivity contribution in [2.45, 2.75) is 19.5 Å². The van der Waals surface area contributed by atoms with E-state index in [1.54, 1.807) is 24.3 Å². The molecule has 0 saturated carbocycles. The highest BCUT2D eigenvalue weighted by Crippen LogP contribution is 2.17. The Balaban J connectivity index is 1.54. The van der Waals surface area contributed by atoms with Gasteiger partial charge in [0.05, 0.1) is 17.6 Å². The average molecular weight is 390 g/mol. The van der Waals surface area contributed by atoms with Crippen molar-refractivity contribution in [1.82, 2.24) is 14.9 Å². The van der Waals surface area contributed by atoms with Crippen LogP contribution in [-0.2, 0) is 19.5 Å². The highest BCUT2D eigenvalue weighted by atomic mass is 35.5. The minimum Gasteiger partial charge on any atom is -0.345 e. The smallest absolute Gasteiger partial charge is 0.251 e. The summed E-state index contributed by atoms with van der Waals surface area (Å²) in [6.07, 6.45) is 0.902. The molecule has 0 atom stereocenters. The van der Waals surface area contributed by atoms with Gasteiger partial charge in [-0.05, 0) is 48.4 Å². The zero-order valence-corrected chi connectivity index (χ0v) is 16.1. The monoisotopic (exact) mass is 389 g/mol. The Labute approximate surface area is 168 Å². The Kier molecular flexibility index (Phi) is 5.40. The zero-order chi connectivity index (χ0) is 19.3. The van der Waals surface area contributed by atoms with Gasteiger partial charge in [-0.1, -0.05) is 54.1 Å². The third-order valence-corrected chi connectivity index (χ3v) is 4.97. The van der Waals surface area contributed by atoms with E-state index in [1.165, 1.54) is 5.56 Å². The minimum absolute atomic E-state index is 0.140. The molecule has 0 fully saturated rings. The fourth-order valence-electron chi connectivity index (χ4n) is 3.26. The summed E-state index contributed by atoms with van der Waals surface area (Å²) < 4.78 is 2.18. The van der Waals surface area contributed by atoms with E-state index < -0.39 is 0 Å². The molecule has 0 aliphatic rings. The van der Waals surface area contributed by atoms with Crippen molar-refractivity contribution in [2.24, 2.45) is 0 Å². The van der Waals surface area contributed by atoms with E-state index in [-0.39, 0.29) is 5.91 Å². The van der Waals surface area contributed by atoms with Gasteiger partial charge >= 0.3 is 0 Å². The van der Waals surface area contributed by atoms with Crippen molar-refractivity contribution in [3.63, 3.8) is 0 Å². The molecule has 0 saturated heterocycles. The van der Waals surface area contributed by atoms with E-state index in [0.717, 1.165) is 29.8 Å². The molecule has 0 bridgehead atoms. The number of carbonyl (C=O) groups excluding carboxylic acids is 1. The number of fused-ring (bicyclic) bond motifs is 1. The SMILES string of the molecule is O=C(NCc1nc2ccccc2n1CCc1ccccc1)c1ccc(Cl)cc1. The lowest BCUT2D eigenvalue weighted by Crippen LogP contribution is -2.25. The van der Waals surface area contributed by atoms with Crippen LogP contribution < -0.4 is 5.32 Å². The first-order chi connectivity index (χ1) is 13.7. The van der Waals surface area contributed by atoms with Crippen LogP contribution in [0.15, 0.2) is 78.9 Å². The summed E-state index contributed by atoms with van der Waals surface area (Å²) >= 11 is 5.90. The van der Waals surface area contributed by atoms with E-state index in [0.29, 0.717) is 17.1 Å². The number of nitrogens with zero attached hydrogens (tertiary/aromatic N) is 2. The number of carbonyl (C=O) groups is 1. The second kappa shape index (κ2) is 8.28. The summed E-state index contributed by atoms with van der Waals surface area (Å²) in [5, 5.41) is 3.58. The van der Waals surface area contributed by atoms with E-state index in [1.807, 2.05) is 24.3 Å². The molecule has 4 rings (SSSR count). The number of hydrogen-bond donors (Lipinski definition) is 1. The van der Waals surface area contributed by atoms with Crippen LogP contribution in [0.5, 0.6) is 0 Å². The average Bonchev–Trinajstić information content (AvgIpc) is 3.09. The molecule has 140 valence electrons. The zero-order valence-electron chi connectivity index (χ0n) is 15.3. The summed E-state index contributed by atoms with van der Waals surface area (Å²) in [7, 11) is 0. The largest absolute Gasteiger partial charge is 0.345 e. The molecule has 1 N–H and O–H groups in total. The molecule has 3 aromatic carbocycles. The Hall–Kier alpha value is -3.11. The van der Waals surface area contributed by atoms with Gasteiger partial charge in [-0.2, -0.15) is 0 Å². The molecule has 5 heteroatoms. The van der Waals surface area contributed by atoms with E-state index >= 15 is 0 Å². The molecular weight excluding hydrogens is 370 g/mol. The molecule has 0 radical (unpaired) electrons. The molecule has 0 aliphatic carbocycles. The molecular formula is C23H20ClN3O. The lowest BCUT2D eigenvalue weighted by atomic mass is 10.1. The van der Waals surface area contributed by atoms with Gasteiger partial charge in [-0.15, -0.1) is 0 Å². The number of aromatic nitrogens is 2. The predicted molar refractivity (Wildman–Crippen MR) is 113 cm³/mol. The fraction of sp³-hybridized carbons (Fsp3) is 0.130. The van der Waals surface area contributed by atoms with Gasteiger partial charge in [-0.3, -0.25) is 4.79 Å². The fourth-order valence-corrected chi connectivity index (χ4v) is 3.38. The van der Waals surface area contributed by atoms with Crippen LogP contribution >= 0.6 is 11.6 Å². The summed E-state index contributed by atoms with van der Waals surface area (Å²) in [5.41, 5.74) is 3.87. The Morgan fingerprint density at radius 3 is 2.43 bits per heavy atom. The number of halogens is 1. The second-order valence-electron chi connectivity index (χ2n) is 6.59. The van der Waals surface area contributed by atoms with Crippen molar-refractivity contribution < 1.29 is 4.79 Å².